The van der Waals surface area contributed by atoms with Crippen LogP contribution in [0.1, 0.15) is 17.4 Å². The number of nitrogens with two attached hydrogens (primary N) is 1. The molecular weight excluding hydrogens is 427 g/mol. The van der Waals surface area contributed by atoms with Crippen molar-refractivity contribution in [1.29, 1.82) is 0 Å². The van der Waals surface area contributed by atoms with Crippen molar-refractivity contribution in [1.82, 2.24) is 5.43 Å². The van der Waals surface area contributed by atoms with Crippen LogP contribution in [-0.4, -0.2) is 0 Å². The van der Waals surface area contributed by atoms with Crippen molar-refractivity contribution in [3.8, 4) is 0 Å². The van der Waals surface area contributed by atoms with Gasteiger partial charge in [0.1, 0.15) is 17.4 Å². The number of furan rings is 1. The molecule has 3 N–H and O–H groups in total. The number of thiophene rings is 1. The third-order valence-corrected chi connectivity index (χ3v) is 5.56. The number of halogens is 3. The number of rotatable bonds is 3. The molecule has 20 heavy (non-hydrogen) atoms. The van der Waals surface area contributed by atoms with Crippen LogP contribution in [0.15, 0.2) is 42.3 Å². The molecule has 7 heteroatoms. The van der Waals surface area contributed by atoms with E-state index in [-0.39, 0.29) is 6.04 Å². The van der Waals surface area contributed by atoms with Gasteiger partial charge in [-0.15, -0.1) is 11.3 Å². The van der Waals surface area contributed by atoms with Crippen molar-refractivity contribution < 1.29 is 4.42 Å². The number of fused-ring (bicyclic) bond motifs is 1. The third kappa shape index (κ3) is 2.68. The largest absolute Gasteiger partial charge is 0.459 e. The van der Waals surface area contributed by atoms with Crippen LogP contribution in [-0.2, 0) is 0 Å². The minimum absolute atomic E-state index is 0.224. The Morgan fingerprint density at radius 2 is 2.05 bits per heavy atom. The fourth-order valence-electron chi connectivity index (χ4n) is 2.05. The summed E-state index contributed by atoms with van der Waals surface area (Å²) >= 11 is 14.6. The zero-order valence-corrected chi connectivity index (χ0v) is 14.7. The average molecular weight is 437 g/mol. The third-order valence-electron chi connectivity index (χ3n) is 2.94. The second kappa shape index (κ2) is 5.79. The van der Waals surface area contributed by atoms with Gasteiger partial charge in [-0.25, -0.2) is 5.43 Å². The second-order valence-electron chi connectivity index (χ2n) is 4.21. The molecule has 0 saturated heterocycles. The molecule has 0 fully saturated rings. The summed E-state index contributed by atoms with van der Waals surface area (Å²) < 4.78 is 7.89. The quantitative estimate of drug-likeness (QED) is 0.437. The molecule has 0 aliphatic carbocycles. The lowest BCUT2D eigenvalue weighted by Crippen LogP contribution is -2.28. The van der Waals surface area contributed by atoms with Crippen LogP contribution in [0.5, 0.6) is 0 Å². The summed E-state index contributed by atoms with van der Waals surface area (Å²) in [5, 5.41) is 1.64. The summed E-state index contributed by atoms with van der Waals surface area (Å²) in [6.45, 7) is 0. The maximum atomic E-state index is 5.99. The van der Waals surface area contributed by atoms with Crippen LogP contribution in [0, 0.1) is 0 Å². The van der Waals surface area contributed by atoms with Crippen LogP contribution in [0.25, 0.3) is 11.0 Å². The normalized spacial score (nSPS) is 13.0. The number of hydrazine groups is 1. The highest BCUT2D eigenvalue weighted by atomic mass is 79.9. The number of benzene rings is 1. The number of hydrogen-bond donors (Lipinski definition) is 2. The van der Waals surface area contributed by atoms with Gasteiger partial charge in [0.05, 0.1) is 7.57 Å². The van der Waals surface area contributed by atoms with Gasteiger partial charge in [-0.3, -0.25) is 5.84 Å². The molecule has 0 saturated carbocycles. The van der Waals surface area contributed by atoms with Crippen LogP contribution < -0.4 is 11.3 Å². The Balaban J connectivity index is 2.09. The van der Waals surface area contributed by atoms with Crippen molar-refractivity contribution >= 4 is 65.8 Å². The Kier molecular flexibility index (Phi) is 4.21. The molecule has 0 aliphatic rings. The van der Waals surface area contributed by atoms with Crippen molar-refractivity contribution in [2.24, 2.45) is 5.84 Å². The first kappa shape index (κ1) is 14.6. The monoisotopic (exact) mass is 434 g/mol. The molecule has 0 spiro atoms. The Morgan fingerprint density at radius 1 is 1.25 bits per heavy atom. The maximum Gasteiger partial charge on any atom is 0.134 e. The first-order valence-electron chi connectivity index (χ1n) is 5.68. The Labute approximate surface area is 141 Å². The van der Waals surface area contributed by atoms with E-state index in [9.17, 15) is 0 Å². The molecular formula is C13H9Br2ClN2OS. The van der Waals surface area contributed by atoms with E-state index >= 15 is 0 Å². The summed E-state index contributed by atoms with van der Waals surface area (Å²) in [6.07, 6.45) is 0. The predicted molar refractivity (Wildman–Crippen MR) is 90.1 cm³/mol. The van der Waals surface area contributed by atoms with Crippen molar-refractivity contribution in [2.75, 3.05) is 0 Å². The molecule has 3 nitrogen and oxygen atoms in total. The van der Waals surface area contributed by atoms with E-state index in [2.05, 4.69) is 37.3 Å². The highest BCUT2D eigenvalue weighted by Gasteiger charge is 2.21. The molecule has 104 valence electrons. The van der Waals surface area contributed by atoms with Gasteiger partial charge in [0, 0.05) is 16.0 Å². The SMILES string of the molecule is NNC(c1cc2cc(Cl)ccc2o1)c1cc(Br)sc1Br. The van der Waals surface area contributed by atoms with Gasteiger partial charge in [0.15, 0.2) is 0 Å². The highest BCUT2D eigenvalue weighted by molar-refractivity contribution is 9.12. The molecule has 3 aromatic rings. The van der Waals surface area contributed by atoms with E-state index in [0.29, 0.717) is 5.02 Å². The number of nitrogens with one attached hydrogen (secondary N) is 1. The van der Waals surface area contributed by atoms with Gasteiger partial charge in [0.25, 0.3) is 0 Å². The van der Waals surface area contributed by atoms with E-state index in [1.54, 1.807) is 17.4 Å². The first-order valence-corrected chi connectivity index (χ1v) is 8.46. The highest BCUT2D eigenvalue weighted by Crippen LogP contribution is 2.39. The molecule has 1 aromatic carbocycles. The van der Waals surface area contributed by atoms with E-state index in [0.717, 1.165) is 29.9 Å². The van der Waals surface area contributed by atoms with Gasteiger partial charge in [-0.05, 0) is 62.2 Å². The van der Waals surface area contributed by atoms with Gasteiger partial charge in [0.2, 0.25) is 0 Å². The molecule has 0 radical (unpaired) electrons. The average Bonchev–Trinajstić information content (AvgIpc) is 2.94. The molecule has 0 aliphatic heterocycles. The lowest BCUT2D eigenvalue weighted by atomic mass is 10.1. The van der Waals surface area contributed by atoms with Crippen LogP contribution in [0.3, 0.4) is 0 Å². The molecule has 0 bridgehead atoms. The van der Waals surface area contributed by atoms with Crippen molar-refractivity contribution in [2.45, 2.75) is 6.04 Å². The van der Waals surface area contributed by atoms with E-state index in [4.69, 9.17) is 21.9 Å². The van der Waals surface area contributed by atoms with Gasteiger partial charge >= 0.3 is 0 Å². The van der Waals surface area contributed by atoms with Gasteiger partial charge in [-0.1, -0.05) is 11.6 Å². The zero-order chi connectivity index (χ0) is 14.3. The van der Waals surface area contributed by atoms with Crippen LogP contribution in [0.4, 0.5) is 0 Å². The summed E-state index contributed by atoms with van der Waals surface area (Å²) in [5.41, 5.74) is 4.60. The molecule has 1 unspecified atom stereocenters. The topological polar surface area (TPSA) is 51.2 Å². The number of hydrogen-bond acceptors (Lipinski definition) is 4. The standard InChI is InChI=1S/C13H9Br2ClN2OS/c14-11-5-8(13(15)20-11)12(18-17)10-4-6-3-7(16)1-2-9(6)19-10/h1-5,12,18H,17H2. The summed E-state index contributed by atoms with van der Waals surface area (Å²) in [6, 6.07) is 9.27. The predicted octanol–water partition coefficient (Wildman–Crippen LogP) is 5.23. The van der Waals surface area contributed by atoms with Crippen molar-refractivity contribution in [3.05, 3.63) is 54.3 Å². The Morgan fingerprint density at radius 3 is 2.70 bits per heavy atom. The van der Waals surface area contributed by atoms with Gasteiger partial charge < -0.3 is 4.42 Å². The molecule has 3 rings (SSSR count). The lowest BCUT2D eigenvalue weighted by molar-refractivity contribution is 0.477. The lowest BCUT2D eigenvalue weighted by Gasteiger charge is -2.12. The van der Waals surface area contributed by atoms with E-state index in [1.165, 1.54) is 0 Å². The van der Waals surface area contributed by atoms with Crippen molar-refractivity contribution in [3.63, 3.8) is 0 Å². The molecule has 0 amide bonds. The maximum absolute atomic E-state index is 5.99. The minimum Gasteiger partial charge on any atom is -0.459 e. The molecule has 1 atom stereocenters. The minimum atomic E-state index is -0.224. The van der Waals surface area contributed by atoms with E-state index in [1.807, 2.05) is 24.3 Å². The fourth-order valence-corrected chi connectivity index (χ4v) is 5.13. The van der Waals surface area contributed by atoms with Crippen LogP contribution in [0.2, 0.25) is 5.02 Å². The zero-order valence-electron chi connectivity index (χ0n) is 9.99. The summed E-state index contributed by atoms with van der Waals surface area (Å²) in [7, 11) is 0. The Hall–Kier alpha value is -0.370. The van der Waals surface area contributed by atoms with Crippen LogP contribution >= 0.6 is 54.8 Å². The van der Waals surface area contributed by atoms with Gasteiger partial charge in [-0.2, -0.15) is 0 Å². The molecule has 2 aromatic heterocycles. The first-order chi connectivity index (χ1) is 9.58. The summed E-state index contributed by atoms with van der Waals surface area (Å²) in [4.78, 5) is 0. The summed E-state index contributed by atoms with van der Waals surface area (Å²) in [5.74, 6) is 6.45. The second-order valence-corrected chi connectivity index (χ2v) is 8.40. The Bertz CT molecular complexity index is 771. The fraction of sp³-hybridized carbons (Fsp3) is 0.0769. The smallest absolute Gasteiger partial charge is 0.134 e. The molecule has 2 heterocycles. The van der Waals surface area contributed by atoms with E-state index < -0.39 is 0 Å².